The first-order valence-corrected chi connectivity index (χ1v) is 8.36. The molecule has 0 aliphatic rings. The van der Waals surface area contributed by atoms with Crippen molar-refractivity contribution in [2.45, 2.75) is 6.61 Å². The second-order valence-corrected chi connectivity index (χ2v) is 5.92. The quantitative estimate of drug-likeness (QED) is 0.306. The molecule has 0 spiro atoms. The summed E-state index contributed by atoms with van der Waals surface area (Å²) in [5.74, 6) is -1.78. The average Bonchev–Trinajstić information content (AvgIpc) is 3.15. The van der Waals surface area contributed by atoms with E-state index in [4.69, 9.17) is 15.2 Å². The number of nitrogens with zero attached hydrogens (tertiary/aromatic N) is 1. The molecule has 2 aromatic carbocycles. The van der Waals surface area contributed by atoms with Crippen LogP contribution in [0.2, 0.25) is 0 Å². The Morgan fingerprint density at radius 1 is 1.14 bits per heavy atom. The number of carbonyl (C=O) groups is 2. The number of nitriles is 1. The largest absolute Gasteiger partial charge is 0.465 e. The van der Waals surface area contributed by atoms with E-state index in [2.05, 4.69) is 11.1 Å². The fraction of sp³-hybridized carbons (Fsp3) is 0.0952. The van der Waals surface area contributed by atoms with Crippen LogP contribution in [-0.4, -0.2) is 24.0 Å². The minimum Gasteiger partial charge on any atom is -0.465 e. The summed E-state index contributed by atoms with van der Waals surface area (Å²) in [5.41, 5.74) is 7.97. The zero-order valence-electron chi connectivity index (χ0n) is 15.1. The Morgan fingerprint density at radius 3 is 2.57 bits per heavy atom. The molecule has 3 rings (SSSR count). The molecule has 28 heavy (non-hydrogen) atoms. The van der Waals surface area contributed by atoms with Gasteiger partial charge in [-0.3, -0.25) is 0 Å². The number of aromatic nitrogens is 1. The van der Waals surface area contributed by atoms with Crippen LogP contribution in [0.3, 0.4) is 0 Å². The minimum absolute atomic E-state index is 0.0110. The van der Waals surface area contributed by atoms with Crippen molar-refractivity contribution in [1.29, 1.82) is 5.26 Å². The van der Waals surface area contributed by atoms with E-state index in [1.165, 1.54) is 0 Å². The lowest BCUT2D eigenvalue weighted by Crippen LogP contribution is -2.21. The van der Waals surface area contributed by atoms with Gasteiger partial charge in [-0.05, 0) is 23.3 Å². The van der Waals surface area contributed by atoms with Crippen LogP contribution in [0.1, 0.15) is 16.7 Å². The van der Waals surface area contributed by atoms with Crippen LogP contribution in [0.15, 0.2) is 60.3 Å². The molecule has 7 nitrogen and oxygen atoms in total. The SMILES string of the molecule is COC(=O)C(C(=O)OCc1ccccc1)=C(N)c1ccc2[nH]cc(C#N)c2c1. The van der Waals surface area contributed by atoms with E-state index in [9.17, 15) is 14.9 Å². The molecule has 0 amide bonds. The van der Waals surface area contributed by atoms with Gasteiger partial charge in [-0.25, -0.2) is 9.59 Å². The summed E-state index contributed by atoms with van der Waals surface area (Å²) in [6, 6.07) is 16.1. The van der Waals surface area contributed by atoms with Gasteiger partial charge in [-0.1, -0.05) is 36.4 Å². The predicted molar refractivity (Wildman–Crippen MR) is 102 cm³/mol. The number of hydrogen-bond acceptors (Lipinski definition) is 6. The Kier molecular flexibility index (Phi) is 5.42. The highest BCUT2D eigenvalue weighted by Crippen LogP contribution is 2.24. The summed E-state index contributed by atoms with van der Waals surface area (Å²) in [5, 5.41) is 9.82. The molecule has 0 bridgehead atoms. The topological polar surface area (TPSA) is 118 Å². The number of hydrogen-bond donors (Lipinski definition) is 2. The second-order valence-electron chi connectivity index (χ2n) is 5.92. The Morgan fingerprint density at radius 2 is 1.89 bits per heavy atom. The normalized spacial score (nSPS) is 11.4. The summed E-state index contributed by atoms with van der Waals surface area (Å²) in [6.07, 6.45) is 1.57. The number of nitrogens with two attached hydrogens (primary N) is 1. The number of nitrogens with one attached hydrogen (secondary N) is 1. The van der Waals surface area contributed by atoms with Crippen molar-refractivity contribution in [2.75, 3.05) is 7.11 Å². The smallest absolute Gasteiger partial charge is 0.348 e. The Bertz CT molecular complexity index is 1110. The standard InChI is InChI=1S/C21H17N3O4/c1-27-20(25)18(21(26)28-12-13-5-3-2-4-6-13)19(23)14-7-8-17-16(9-14)15(10-22)11-24-17/h2-9,11,24H,12,23H2,1H3. The fourth-order valence-electron chi connectivity index (χ4n) is 2.73. The summed E-state index contributed by atoms with van der Waals surface area (Å²) < 4.78 is 9.95. The van der Waals surface area contributed by atoms with Crippen LogP contribution in [0.25, 0.3) is 16.6 Å². The number of H-pyrrole nitrogens is 1. The van der Waals surface area contributed by atoms with Gasteiger partial charge in [0.15, 0.2) is 5.57 Å². The predicted octanol–water partition coefficient (Wildman–Crippen LogP) is 2.63. The van der Waals surface area contributed by atoms with Crippen LogP contribution in [0, 0.1) is 11.3 Å². The van der Waals surface area contributed by atoms with Crippen LogP contribution < -0.4 is 5.73 Å². The third kappa shape index (κ3) is 3.71. The molecule has 0 saturated heterocycles. The van der Waals surface area contributed by atoms with Gasteiger partial charge >= 0.3 is 11.9 Å². The fourth-order valence-corrected chi connectivity index (χ4v) is 2.73. The Hall–Kier alpha value is -4.05. The molecule has 0 aliphatic heterocycles. The van der Waals surface area contributed by atoms with E-state index in [0.717, 1.165) is 18.2 Å². The van der Waals surface area contributed by atoms with E-state index in [-0.39, 0.29) is 12.3 Å². The van der Waals surface area contributed by atoms with Gasteiger partial charge in [0.05, 0.1) is 18.4 Å². The van der Waals surface area contributed by atoms with Crippen LogP contribution in [0.4, 0.5) is 0 Å². The summed E-state index contributed by atoms with van der Waals surface area (Å²) in [7, 11) is 1.16. The molecule has 3 aromatic rings. The number of aromatic amines is 1. The molecular weight excluding hydrogens is 358 g/mol. The molecule has 0 radical (unpaired) electrons. The number of ether oxygens (including phenoxy) is 2. The lowest BCUT2D eigenvalue weighted by atomic mass is 10.0. The van der Waals surface area contributed by atoms with Gasteiger partial charge < -0.3 is 20.2 Å². The van der Waals surface area contributed by atoms with Gasteiger partial charge in [-0.2, -0.15) is 5.26 Å². The zero-order valence-corrected chi connectivity index (χ0v) is 15.1. The highest BCUT2D eigenvalue weighted by Gasteiger charge is 2.25. The van der Waals surface area contributed by atoms with Crippen LogP contribution in [-0.2, 0) is 25.7 Å². The molecular formula is C21H17N3O4. The molecule has 0 saturated carbocycles. The van der Waals surface area contributed by atoms with Crippen molar-refractivity contribution in [2.24, 2.45) is 5.73 Å². The Balaban J connectivity index is 1.97. The third-order valence-electron chi connectivity index (χ3n) is 4.19. The van der Waals surface area contributed by atoms with Crippen LogP contribution in [0.5, 0.6) is 0 Å². The maximum absolute atomic E-state index is 12.5. The summed E-state index contributed by atoms with van der Waals surface area (Å²) in [6.45, 7) is -0.0110. The highest BCUT2D eigenvalue weighted by molar-refractivity contribution is 6.19. The Labute approximate surface area is 161 Å². The molecule has 7 heteroatoms. The summed E-state index contributed by atoms with van der Waals surface area (Å²) >= 11 is 0. The van der Waals surface area contributed by atoms with Crippen molar-refractivity contribution < 1.29 is 19.1 Å². The molecule has 0 aliphatic carbocycles. The van der Waals surface area contributed by atoms with Crippen LogP contribution >= 0.6 is 0 Å². The first-order valence-electron chi connectivity index (χ1n) is 8.36. The molecule has 1 heterocycles. The van der Waals surface area contributed by atoms with E-state index < -0.39 is 17.5 Å². The molecule has 0 unspecified atom stereocenters. The second kappa shape index (κ2) is 8.10. The van der Waals surface area contributed by atoms with E-state index >= 15 is 0 Å². The number of rotatable bonds is 5. The minimum atomic E-state index is -0.898. The first kappa shape index (κ1) is 18.7. The van der Waals surface area contributed by atoms with Gasteiger partial charge in [0.25, 0.3) is 0 Å². The number of carbonyl (C=O) groups excluding carboxylic acids is 2. The van der Waals surface area contributed by atoms with Crippen molar-refractivity contribution in [3.8, 4) is 6.07 Å². The van der Waals surface area contributed by atoms with Gasteiger partial charge in [0.1, 0.15) is 12.7 Å². The van der Waals surface area contributed by atoms with Crippen molar-refractivity contribution in [1.82, 2.24) is 4.98 Å². The molecule has 0 fully saturated rings. The third-order valence-corrected chi connectivity index (χ3v) is 4.19. The molecule has 3 N–H and O–H groups in total. The van der Waals surface area contributed by atoms with Crippen molar-refractivity contribution >= 4 is 28.5 Å². The van der Waals surface area contributed by atoms with Gasteiger partial charge in [-0.15, -0.1) is 0 Å². The monoisotopic (exact) mass is 375 g/mol. The zero-order chi connectivity index (χ0) is 20.1. The van der Waals surface area contributed by atoms with Gasteiger partial charge in [0, 0.05) is 17.1 Å². The molecule has 140 valence electrons. The molecule has 1 aromatic heterocycles. The van der Waals surface area contributed by atoms with Crippen molar-refractivity contribution in [3.63, 3.8) is 0 Å². The van der Waals surface area contributed by atoms with Gasteiger partial charge in [0.2, 0.25) is 0 Å². The highest BCUT2D eigenvalue weighted by atomic mass is 16.5. The maximum atomic E-state index is 12.5. The number of fused-ring (bicyclic) bond motifs is 1. The van der Waals surface area contributed by atoms with E-state index in [1.807, 2.05) is 18.2 Å². The average molecular weight is 375 g/mol. The lowest BCUT2D eigenvalue weighted by molar-refractivity contribution is -0.146. The molecule has 0 atom stereocenters. The maximum Gasteiger partial charge on any atom is 0.348 e. The van der Waals surface area contributed by atoms with Crippen molar-refractivity contribution in [3.05, 3.63) is 77.0 Å². The first-order chi connectivity index (χ1) is 13.5. The number of methoxy groups -OCH3 is 1. The number of esters is 2. The lowest BCUT2D eigenvalue weighted by Gasteiger charge is -2.11. The number of benzene rings is 2. The van der Waals surface area contributed by atoms with E-state index in [0.29, 0.717) is 16.5 Å². The summed E-state index contributed by atoms with van der Waals surface area (Å²) in [4.78, 5) is 27.7. The van der Waals surface area contributed by atoms with E-state index in [1.54, 1.807) is 36.5 Å².